The van der Waals surface area contributed by atoms with Crippen molar-refractivity contribution < 1.29 is 14.0 Å². The van der Waals surface area contributed by atoms with E-state index in [1.165, 1.54) is 18.2 Å². The molecule has 1 aliphatic rings. The van der Waals surface area contributed by atoms with Crippen LogP contribution in [0.15, 0.2) is 54.6 Å². The fourth-order valence-electron chi connectivity index (χ4n) is 2.67. The number of carbonyl (C=O) groups excluding carboxylic acids is 2. The van der Waals surface area contributed by atoms with Gasteiger partial charge >= 0.3 is 0 Å². The number of nitrogens with one attached hydrogen (secondary N) is 2. The average Bonchev–Trinajstić information content (AvgIpc) is 3.49. The first kappa shape index (κ1) is 16.2. The number of hydrogen-bond acceptors (Lipinski definition) is 3. The topological polar surface area (TPSA) is 71.1 Å². The van der Waals surface area contributed by atoms with Crippen LogP contribution >= 0.6 is 0 Å². The molecule has 2 aromatic carbocycles. The van der Waals surface area contributed by atoms with E-state index in [0.717, 1.165) is 23.7 Å². The Morgan fingerprint density at radius 3 is 2.62 bits per heavy atom. The molecular weight excluding hydrogens is 333 g/mol. The molecule has 3 aromatic rings. The Kier molecular flexibility index (Phi) is 4.08. The Labute approximate surface area is 149 Å². The standard InChI is InChI=1S/C20H16FN3O2/c21-15-9-8-14(11-18(15)24-19(25)13-5-6-13)22-20(26)17-10-7-12-3-1-2-4-16(12)23-17/h1-4,7-11,13H,5-6H2,(H,22,26)(H,24,25). The second-order valence-electron chi connectivity index (χ2n) is 6.30. The summed E-state index contributed by atoms with van der Waals surface area (Å²) in [6, 6.07) is 15.0. The third kappa shape index (κ3) is 3.39. The summed E-state index contributed by atoms with van der Waals surface area (Å²) in [7, 11) is 0. The van der Waals surface area contributed by atoms with E-state index in [1.807, 2.05) is 30.3 Å². The molecule has 6 heteroatoms. The normalized spacial score (nSPS) is 13.4. The molecule has 0 spiro atoms. The summed E-state index contributed by atoms with van der Waals surface area (Å²) in [6.45, 7) is 0. The van der Waals surface area contributed by atoms with Crippen LogP contribution in [0.5, 0.6) is 0 Å². The molecule has 0 aliphatic heterocycles. The Hall–Kier alpha value is -3.28. The van der Waals surface area contributed by atoms with Gasteiger partial charge in [-0.3, -0.25) is 9.59 Å². The first-order valence-electron chi connectivity index (χ1n) is 8.38. The molecule has 4 rings (SSSR count). The zero-order valence-electron chi connectivity index (χ0n) is 13.8. The number of carbonyl (C=O) groups is 2. The number of halogens is 1. The predicted octanol–water partition coefficient (Wildman–Crippen LogP) is 3.97. The maximum Gasteiger partial charge on any atom is 0.274 e. The van der Waals surface area contributed by atoms with Crippen molar-refractivity contribution in [2.24, 2.45) is 5.92 Å². The van der Waals surface area contributed by atoms with E-state index >= 15 is 0 Å². The quantitative estimate of drug-likeness (QED) is 0.748. The van der Waals surface area contributed by atoms with Crippen LogP contribution in [-0.2, 0) is 4.79 Å². The van der Waals surface area contributed by atoms with Crippen molar-refractivity contribution in [3.05, 3.63) is 66.1 Å². The maximum absolute atomic E-state index is 13.9. The van der Waals surface area contributed by atoms with Gasteiger partial charge in [-0.05, 0) is 43.2 Å². The van der Waals surface area contributed by atoms with E-state index in [2.05, 4.69) is 15.6 Å². The maximum atomic E-state index is 13.9. The highest BCUT2D eigenvalue weighted by atomic mass is 19.1. The van der Waals surface area contributed by atoms with Gasteiger partial charge in [0, 0.05) is 17.0 Å². The van der Waals surface area contributed by atoms with Gasteiger partial charge in [0.25, 0.3) is 5.91 Å². The van der Waals surface area contributed by atoms with Crippen LogP contribution < -0.4 is 10.6 Å². The Morgan fingerprint density at radius 2 is 1.81 bits per heavy atom. The summed E-state index contributed by atoms with van der Waals surface area (Å²) < 4.78 is 13.9. The third-order valence-corrected chi connectivity index (χ3v) is 4.26. The third-order valence-electron chi connectivity index (χ3n) is 4.26. The van der Waals surface area contributed by atoms with Crippen LogP contribution in [0.25, 0.3) is 10.9 Å². The number of anilines is 2. The highest BCUT2D eigenvalue weighted by Gasteiger charge is 2.30. The van der Waals surface area contributed by atoms with E-state index in [1.54, 1.807) is 6.07 Å². The molecule has 1 aliphatic carbocycles. The molecule has 1 aromatic heterocycles. The fourth-order valence-corrected chi connectivity index (χ4v) is 2.67. The lowest BCUT2D eigenvalue weighted by Crippen LogP contribution is -2.16. The summed E-state index contributed by atoms with van der Waals surface area (Å²) in [4.78, 5) is 28.6. The fraction of sp³-hybridized carbons (Fsp3) is 0.150. The van der Waals surface area contributed by atoms with Crippen LogP contribution in [-0.4, -0.2) is 16.8 Å². The second-order valence-corrected chi connectivity index (χ2v) is 6.30. The Bertz CT molecular complexity index is 1010. The van der Waals surface area contributed by atoms with Gasteiger partial charge in [0.15, 0.2) is 0 Å². The number of benzene rings is 2. The molecule has 1 heterocycles. The number of nitrogens with zero attached hydrogens (tertiary/aromatic N) is 1. The van der Waals surface area contributed by atoms with Crippen LogP contribution in [0, 0.1) is 11.7 Å². The van der Waals surface area contributed by atoms with Gasteiger partial charge in [0.05, 0.1) is 11.2 Å². The van der Waals surface area contributed by atoms with Crippen molar-refractivity contribution in [3.63, 3.8) is 0 Å². The van der Waals surface area contributed by atoms with Gasteiger partial charge in [-0.2, -0.15) is 0 Å². The predicted molar refractivity (Wildman–Crippen MR) is 97.4 cm³/mol. The molecule has 130 valence electrons. The zero-order valence-corrected chi connectivity index (χ0v) is 13.8. The molecule has 2 N–H and O–H groups in total. The summed E-state index contributed by atoms with van der Waals surface area (Å²) in [6.07, 6.45) is 1.66. The zero-order chi connectivity index (χ0) is 18.1. The van der Waals surface area contributed by atoms with Crippen LogP contribution in [0.4, 0.5) is 15.8 Å². The van der Waals surface area contributed by atoms with E-state index in [9.17, 15) is 14.0 Å². The smallest absolute Gasteiger partial charge is 0.274 e. The number of fused-ring (bicyclic) bond motifs is 1. The van der Waals surface area contributed by atoms with Crippen LogP contribution in [0.1, 0.15) is 23.3 Å². The van der Waals surface area contributed by atoms with Gasteiger partial charge in [-0.1, -0.05) is 24.3 Å². The van der Waals surface area contributed by atoms with Crippen molar-refractivity contribution in [3.8, 4) is 0 Å². The van der Waals surface area contributed by atoms with E-state index in [0.29, 0.717) is 5.69 Å². The molecule has 2 amide bonds. The molecule has 0 unspecified atom stereocenters. The largest absolute Gasteiger partial charge is 0.323 e. The van der Waals surface area contributed by atoms with Crippen LogP contribution in [0.2, 0.25) is 0 Å². The van der Waals surface area contributed by atoms with E-state index in [-0.39, 0.29) is 23.2 Å². The molecule has 0 bridgehead atoms. The molecule has 0 saturated heterocycles. The second kappa shape index (κ2) is 6.55. The molecule has 26 heavy (non-hydrogen) atoms. The number of amides is 2. The van der Waals surface area contributed by atoms with Crippen LogP contribution in [0.3, 0.4) is 0 Å². The monoisotopic (exact) mass is 349 g/mol. The van der Waals surface area contributed by atoms with Gasteiger partial charge < -0.3 is 10.6 Å². The number of aromatic nitrogens is 1. The van der Waals surface area contributed by atoms with E-state index < -0.39 is 11.7 Å². The van der Waals surface area contributed by atoms with E-state index in [4.69, 9.17) is 0 Å². The highest BCUT2D eigenvalue weighted by molar-refractivity contribution is 6.04. The molecule has 5 nitrogen and oxygen atoms in total. The van der Waals surface area contributed by atoms with Gasteiger partial charge in [-0.15, -0.1) is 0 Å². The van der Waals surface area contributed by atoms with Crippen molar-refractivity contribution in [2.75, 3.05) is 10.6 Å². The number of rotatable bonds is 4. The number of hydrogen-bond donors (Lipinski definition) is 2. The molecule has 0 atom stereocenters. The van der Waals surface area contributed by atoms with Gasteiger partial charge in [-0.25, -0.2) is 9.37 Å². The minimum Gasteiger partial charge on any atom is -0.323 e. The summed E-state index contributed by atoms with van der Waals surface area (Å²) in [5.74, 6) is -1.17. The Morgan fingerprint density at radius 1 is 1.00 bits per heavy atom. The van der Waals surface area contributed by atoms with Crippen molar-refractivity contribution >= 4 is 34.1 Å². The average molecular weight is 349 g/mol. The lowest BCUT2D eigenvalue weighted by Gasteiger charge is -2.10. The molecule has 1 saturated carbocycles. The minimum atomic E-state index is -0.541. The molecular formula is C20H16FN3O2. The van der Waals surface area contributed by atoms with Gasteiger partial charge in [0.2, 0.25) is 5.91 Å². The first-order chi connectivity index (χ1) is 12.6. The Balaban J connectivity index is 1.53. The first-order valence-corrected chi connectivity index (χ1v) is 8.38. The number of para-hydroxylation sites is 1. The summed E-state index contributed by atoms with van der Waals surface area (Å²) in [5.41, 5.74) is 1.43. The number of pyridine rings is 1. The molecule has 1 fully saturated rings. The van der Waals surface area contributed by atoms with Crippen molar-refractivity contribution in [2.45, 2.75) is 12.8 Å². The van der Waals surface area contributed by atoms with Crippen molar-refractivity contribution in [1.29, 1.82) is 0 Å². The van der Waals surface area contributed by atoms with Gasteiger partial charge in [0.1, 0.15) is 11.5 Å². The van der Waals surface area contributed by atoms with Crippen molar-refractivity contribution in [1.82, 2.24) is 4.98 Å². The minimum absolute atomic E-state index is 0.0329. The highest BCUT2D eigenvalue weighted by Crippen LogP contribution is 2.31. The SMILES string of the molecule is O=C(Nc1ccc(F)c(NC(=O)C2CC2)c1)c1ccc2ccccc2n1. The lowest BCUT2D eigenvalue weighted by atomic mass is 10.2. The summed E-state index contributed by atoms with van der Waals surface area (Å²) in [5, 5.41) is 6.20. The molecule has 0 radical (unpaired) electrons. The summed E-state index contributed by atoms with van der Waals surface area (Å²) >= 11 is 0. The lowest BCUT2D eigenvalue weighted by molar-refractivity contribution is -0.117.